The maximum atomic E-state index is 12.8. The number of piperidine rings is 1. The summed E-state index contributed by atoms with van der Waals surface area (Å²) >= 11 is 0. The zero-order valence-electron chi connectivity index (χ0n) is 10.7. The molecule has 1 aromatic rings. The number of benzene rings is 1. The van der Waals surface area contributed by atoms with Crippen LogP contribution in [0.5, 0.6) is 0 Å². The van der Waals surface area contributed by atoms with Crippen molar-refractivity contribution in [3.05, 3.63) is 35.4 Å². The molecule has 2 N–H and O–H groups in total. The summed E-state index contributed by atoms with van der Waals surface area (Å²) in [4.78, 5) is 34.4. The Morgan fingerprint density at radius 1 is 1.24 bits per heavy atom. The molecule has 0 radical (unpaired) electrons. The van der Waals surface area contributed by atoms with Crippen molar-refractivity contribution < 1.29 is 27.6 Å². The van der Waals surface area contributed by atoms with Crippen LogP contribution in [0.1, 0.15) is 28.8 Å². The van der Waals surface area contributed by atoms with Crippen molar-refractivity contribution in [2.75, 3.05) is 0 Å². The predicted molar refractivity (Wildman–Crippen MR) is 65.1 cm³/mol. The first-order valence-corrected chi connectivity index (χ1v) is 6.10. The molecule has 1 heterocycles. The van der Waals surface area contributed by atoms with Gasteiger partial charge in [-0.05, 0) is 18.6 Å². The maximum Gasteiger partial charge on any atom is 0.417 e. The highest BCUT2D eigenvalue weighted by atomic mass is 19.4. The Labute approximate surface area is 117 Å². The quantitative estimate of drug-likeness (QED) is 0.807. The minimum Gasteiger partial charge on any atom is -0.340 e. The molecular weight excluding hydrogens is 289 g/mol. The minimum absolute atomic E-state index is 0.0254. The third kappa shape index (κ3) is 3.39. The van der Waals surface area contributed by atoms with Crippen LogP contribution >= 0.6 is 0 Å². The number of hydrogen-bond acceptors (Lipinski definition) is 3. The number of alkyl halides is 3. The smallest absolute Gasteiger partial charge is 0.340 e. The van der Waals surface area contributed by atoms with E-state index in [2.05, 4.69) is 5.32 Å². The van der Waals surface area contributed by atoms with Crippen molar-refractivity contribution in [2.45, 2.75) is 25.1 Å². The van der Waals surface area contributed by atoms with E-state index in [-0.39, 0.29) is 12.8 Å². The average Bonchev–Trinajstić information content (AvgIpc) is 2.41. The SMILES string of the molecule is O=C1CCC(NC(=O)c2ccccc2C(F)(F)F)C(=O)N1. The lowest BCUT2D eigenvalue weighted by Crippen LogP contribution is -2.52. The molecule has 0 aromatic heterocycles. The van der Waals surface area contributed by atoms with E-state index in [1.807, 2.05) is 5.32 Å². The van der Waals surface area contributed by atoms with Crippen LogP contribution in [-0.4, -0.2) is 23.8 Å². The van der Waals surface area contributed by atoms with Crippen LogP contribution in [0.15, 0.2) is 24.3 Å². The van der Waals surface area contributed by atoms with Gasteiger partial charge >= 0.3 is 6.18 Å². The molecule has 0 aliphatic carbocycles. The van der Waals surface area contributed by atoms with Crippen LogP contribution < -0.4 is 10.6 Å². The number of carbonyl (C=O) groups excluding carboxylic acids is 3. The maximum absolute atomic E-state index is 12.8. The number of halogens is 3. The van der Waals surface area contributed by atoms with Crippen LogP contribution in [-0.2, 0) is 15.8 Å². The molecule has 5 nitrogen and oxygen atoms in total. The number of hydrogen-bond donors (Lipinski definition) is 2. The largest absolute Gasteiger partial charge is 0.417 e. The zero-order chi connectivity index (χ0) is 15.6. The Morgan fingerprint density at radius 2 is 1.90 bits per heavy atom. The van der Waals surface area contributed by atoms with Gasteiger partial charge in [-0.1, -0.05) is 12.1 Å². The van der Waals surface area contributed by atoms with E-state index in [1.165, 1.54) is 12.1 Å². The van der Waals surface area contributed by atoms with E-state index in [0.717, 1.165) is 12.1 Å². The highest BCUT2D eigenvalue weighted by Crippen LogP contribution is 2.31. The van der Waals surface area contributed by atoms with Crippen molar-refractivity contribution in [3.63, 3.8) is 0 Å². The molecule has 3 amide bonds. The van der Waals surface area contributed by atoms with E-state index in [1.54, 1.807) is 0 Å². The third-order valence-electron chi connectivity index (χ3n) is 3.02. The molecule has 0 bridgehead atoms. The molecule has 1 saturated heterocycles. The Morgan fingerprint density at radius 3 is 2.52 bits per heavy atom. The van der Waals surface area contributed by atoms with Gasteiger partial charge in [-0.25, -0.2) is 0 Å². The Hall–Kier alpha value is -2.38. The number of carbonyl (C=O) groups is 3. The first-order valence-electron chi connectivity index (χ1n) is 6.10. The second-order valence-electron chi connectivity index (χ2n) is 4.52. The van der Waals surface area contributed by atoms with E-state index in [4.69, 9.17) is 0 Å². The van der Waals surface area contributed by atoms with Crippen LogP contribution in [0, 0.1) is 0 Å². The Bertz CT molecular complexity index is 599. The summed E-state index contributed by atoms with van der Waals surface area (Å²) in [5.74, 6) is -2.19. The van der Waals surface area contributed by atoms with Gasteiger partial charge in [0.1, 0.15) is 6.04 Å². The predicted octanol–water partition coefficient (Wildman–Crippen LogP) is 1.24. The summed E-state index contributed by atoms with van der Waals surface area (Å²) in [7, 11) is 0. The minimum atomic E-state index is -4.67. The Kier molecular flexibility index (Phi) is 3.97. The second-order valence-corrected chi connectivity index (χ2v) is 4.52. The molecule has 112 valence electrons. The third-order valence-corrected chi connectivity index (χ3v) is 3.02. The van der Waals surface area contributed by atoms with Crippen molar-refractivity contribution in [1.82, 2.24) is 10.6 Å². The summed E-state index contributed by atoms with van der Waals surface area (Å²) in [6, 6.07) is 3.28. The second kappa shape index (κ2) is 5.55. The van der Waals surface area contributed by atoms with Crippen LogP contribution in [0.25, 0.3) is 0 Å². The topological polar surface area (TPSA) is 75.3 Å². The molecule has 21 heavy (non-hydrogen) atoms. The van der Waals surface area contributed by atoms with Gasteiger partial charge in [0.15, 0.2) is 0 Å². The standard InChI is InChI=1S/C13H11F3N2O3/c14-13(15,16)8-4-2-1-3-7(8)11(20)17-9-5-6-10(19)18-12(9)21/h1-4,9H,5-6H2,(H,17,20)(H,18,19,21). The van der Waals surface area contributed by atoms with Crippen molar-refractivity contribution in [3.8, 4) is 0 Å². The fraction of sp³-hybridized carbons (Fsp3) is 0.308. The molecule has 0 spiro atoms. The van der Waals surface area contributed by atoms with Gasteiger partial charge in [-0.2, -0.15) is 13.2 Å². The lowest BCUT2D eigenvalue weighted by atomic mass is 10.0. The molecule has 1 aliphatic heterocycles. The van der Waals surface area contributed by atoms with E-state index < -0.39 is 41.1 Å². The monoisotopic (exact) mass is 300 g/mol. The van der Waals surface area contributed by atoms with Crippen LogP contribution in [0.4, 0.5) is 13.2 Å². The van der Waals surface area contributed by atoms with Gasteiger partial charge in [-0.3, -0.25) is 19.7 Å². The molecule has 1 fully saturated rings. The first-order chi connectivity index (χ1) is 9.79. The molecular formula is C13H11F3N2O3. The molecule has 8 heteroatoms. The van der Waals surface area contributed by atoms with Crippen LogP contribution in [0.2, 0.25) is 0 Å². The molecule has 1 unspecified atom stereocenters. The number of nitrogens with one attached hydrogen (secondary N) is 2. The van der Waals surface area contributed by atoms with Gasteiger partial charge in [-0.15, -0.1) is 0 Å². The van der Waals surface area contributed by atoms with Gasteiger partial charge in [0.25, 0.3) is 5.91 Å². The van der Waals surface area contributed by atoms with E-state index >= 15 is 0 Å². The van der Waals surface area contributed by atoms with Crippen molar-refractivity contribution in [1.29, 1.82) is 0 Å². The summed E-state index contributed by atoms with van der Waals surface area (Å²) in [5.41, 5.74) is -1.63. The molecule has 1 aliphatic rings. The van der Waals surface area contributed by atoms with Crippen molar-refractivity contribution >= 4 is 17.7 Å². The van der Waals surface area contributed by atoms with Gasteiger partial charge < -0.3 is 5.32 Å². The van der Waals surface area contributed by atoms with E-state index in [9.17, 15) is 27.6 Å². The summed E-state index contributed by atoms with van der Waals surface area (Å²) in [6.45, 7) is 0. The Balaban J connectivity index is 2.18. The van der Waals surface area contributed by atoms with Gasteiger partial charge in [0.2, 0.25) is 11.8 Å². The van der Waals surface area contributed by atoms with Gasteiger partial charge in [0, 0.05) is 6.42 Å². The summed E-state index contributed by atoms with van der Waals surface area (Å²) in [6.07, 6.45) is -4.58. The average molecular weight is 300 g/mol. The zero-order valence-corrected chi connectivity index (χ0v) is 10.7. The fourth-order valence-corrected chi connectivity index (χ4v) is 2.00. The fourth-order valence-electron chi connectivity index (χ4n) is 2.00. The summed E-state index contributed by atoms with van der Waals surface area (Å²) < 4.78 is 38.4. The normalized spacial score (nSPS) is 19.1. The number of rotatable bonds is 2. The van der Waals surface area contributed by atoms with Crippen LogP contribution in [0.3, 0.4) is 0 Å². The number of amides is 3. The molecule has 1 atom stereocenters. The molecule has 1 aromatic carbocycles. The molecule has 0 saturated carbocycles. The van der Waals surface area contributed by atoms with Gasteiger partial charge in [0.05, 0.1) is 11.1 Å². The highest BCUT2D eigenvalue weighted by molar-refractivity contribution is 6.04. The highest BCUT2D eigenvalue weighted by Gasteiger charge is 2.36. The lowest BCUT2D eigenvalue weighted by molar-refractivity contribution is -0.138. The first kappa shape index (κ1) is 15.0. The summed E-state index contributed by atoms with van der Waals surface area (Å²) in [5, 5.41) is 4.23. The lowest BCUT2D eigenvalue weighted by Gasteiger charge is -2.22. The van der Waals surface area contributed by atoms with E-state index in [0.29, 0.717) is 0 Å². The molecule has 2 rings (SSSR count). The number of imide groups is 1. The van der Waals surface area contributed by atoms with Crippen molar-refractivity contribution in [2.24, 2.45) is 0 Å².